The lowest BCUT2D eigenvalue weighted by molar-refractivity contribution is -0.131. The number of nitrogens with one attached hydrogen (secondary N) is 3. The predicted octanol–water partition coefficient (Wildman–Crippen LogP) is -0.291. The first-order valence-electron chi connectivity index (χ1n) is 10.3. The first-order valence-corrected chi connectivity index (χ1v) is 10.3. The van der Waals surface area contributed by atoms with Crippen molar-refractivity contribution in [2.75, 3.05) is 26.2 Å². The zero-order chi connectivity index (χ0) is 24.1. The van der Waals surface area contributed by atoms with Gasteiger partial charge in [0.25, 0.3) is 11.8 Å². The number of Topliss-reactive ketones (excluding diaryl/α,β-unsaturated/α-hetero) is 1. The lowest BCUT2D eigenvalue weighted by atomic mass is 10.1. The van der Waals surface area contributed by atoms with Gasteiger partial charge in [-0.05, 0) is 34.6 Å². The van der Waals surface area contributed by atoms with Crippen LogP contribution in [0.4, 0.5) is 9.59 Å². The van der Waals surface area contributed by atoms with Crippen molar-refractivity contribution >= 4 is 29.7 Å². The van der Waals surface area contributed by atoms with E-state index in [1.54, 1.807) is 46.4 Å². The summed E-state index contributed by atoms with van der Waals surface area (Å²) < 4.78 is 1.83. The molecule has 0 bridgehead atoms. The lowest BCUT2D eigenvalue weighted by Gasteiger charge is -2.15. The van der Waals surface area contributed by atoms with Crippen LogP contribution < -0.4 is 16.0 Å². The molecule has 2 aliphatic heterocycles. The second kappa shape index (κ2) is 9.90. The number of carbonyl (C=O) groups is 5. The van der Waals surface area contributed by atoms with Crippen molar-refractivity contribution < 1.29 is 24.0 Å². The van der Waals surface area contributed by atoms with Crippen LogP contribution in [0.5, 0.6) is 0 Å². The Morgan fingerprint density at radius 3 is 1.88 bits per heavy atom. The molecule has 0 saturated carbocycles. The van der Waals surface area contributed by atoms with Crippen LogP contribution in [0, 0.1) is 0 Å². The number of rotatable bonds is 8. The molecule has 3 N–H and O–H groups in total. The third-order valence-corrected chi connectivity index (χ3v) is 4.92. The minimum absolute atomic E-state index is 0.0255. The fourth-order valence-electron chi connectivity index (χ4n) is 3.13. The number of urea groups is 2. The quantitative estimate of drug-likeness (QED) is 0.365. The van der Waals surface area contributed by atoms with Gasteiger partial charge in [0.2, 0.25) is 0 Å². The van der Waals surface area contributed by atoms with Crippen molar-refractivity contribution in [3.63, 3.8) is 0 Å². The summed E-state index contributed by atoms with van der Waals surface area (Å²) in [7, 11) is 0. The molecule has 12 heteroatoms. The summed E-state index contributed by atoms with van der Waals surface area (Å²) in [5, 5.41) is 8.08. The van der Waals surface area contributed by atoms with Gasteiger partial charge in [0.15, 0.2) is 0 Å². The van der Waals surface area contributed by atoms with E-state index in [1.807, 2.05) is 4.57 Å². The summed E-state index contributed by atoms with van der Waals surface area (Å²) >= 11 is 0. The van der Waals surface area contributed by atoms with Gasteiger partial charge in [0.1, 0.15) is 16.9 Å². The molecule has 1 aromatic heterocycles. The third kappa shape index (κ3) is 6.13. The van der Waals surface area contributed by atoms with E-state index in [0.29, 0.717) is 19.6 Å². The monoisotopic (exact) mass is 449 g/mol. The molecule has 0 radical (unpaired) electrons. The largest absolute Gasteiger partial charge is 0.336 e. The summed E-state index contributed by atoms with van der Waals surface area (Å²) in [6, 6.07) is -0.699. The highest BCUT2D eigenvalue weighted by Crippen LogP contribution is 2.16. The van der Waals surface area contributed by atoms with Gasteiger partial charge in [0.05, 0.1) is 12.9 Å². The fourth-order valence-corrected chi connectivity index (χ4v) is 3.13. The second-order valence-electron chi connectivity index (χ2n) is 8.70. The molecule has 0 unspecified atom stereocenters. The van der Waals surface area contributed by atoms with Crippen LogP contribution in [0.25, 0.3) is 0 Å². The van der Waals surface area contributed by atoms with Crippen molar-refractivity contribution in [1.29, 1.82) is 0 Å². The summed E-state index contributed by atoms with van der Waals surface area (Å²) in [4.78, 5) is 63.4. The molecular formula is C20H31N7O5. The van der Waals surface area contributed by atoms with Crippen LogP contribution in [-0.4, -0.2) is 86.3 Å². The van der Waals surface area contributed by atoms with Crippen molar-refractivity contribution in [2.45, 2.75) is 52.2 Å². The third-order valence-electron chi connectivity index (χ3n) is 4.92. The number of hydrogen-bond acceptors (Lipinski definition) is 7. The molecule has 1 aromatic rings. The molecule has 6 amide bonds. The van der Waals surface area contributed by atoms with E-state index in [1.165, 1.54) is 11.8 Å². The summed E-state index contributed by atoms with van der Waals surface area (Å²) in [6.45, 7) is 10.1. The average Bonchev–Trinajstić information content (AvgIpc) is 3.31. The van der Waals surface area contributed by atoms with Crippen molar-refractivity contribution in [3.8, 4) is 0 Å². The Morgan fingerprint density at radius 1 is 0.938 bits per heavy atom. The molecule has 0 spiro atoms. The molecule has 3 heterocycles. The topological polar surface area (TPSA) is 146 Å². The highest BCUT2D eigenvalue weighted by molar-refractivity contribution is 6.07. The van der Waals surface area contributed by atoms with Crippen LogP contribution in [0.2, 0.25) is 0 Å². The minimum Gasteiger partial charge on any atom is -0.336 e. The van der Waals surface area contributed by atoms with E-state index >= 15 is 0 Å². The average molecular weight is 450 g/mol. The fraction of sp³-hybridized carbons (Fsp3) is 0.600. The summed E-state index contributed by atoms with van der Waals surface area (Å²) in [5.74, 6) is -0.391. The first kappa shape index (κ1) is 25.0. The van der Waals surface area contributed by atoms with Gasteiger partial charge < -0.3 is 20.5 Å². The lowest BCUT2D eigenvalue weighted by Crippen LogP contribution is -2.41. The molecule has 2 fully saturated rings. The van der Waals surface area contributed by atoms with E-state index in [2.05, 4.69) is 20.9 Å². The van der Waals surface area contributed by atoms with Gasteiger partial charge in [-0.25, -0.2) is 14.6 Å². The van der Waals surface area contributed by atoms with Gasteiger partial charge in [-0.1, -0.05) is 0 Å². The highest BCUT2D eigenvalue weighted by Gasteiger charge is 2.44. The van der Waals surface area contributed by atoms with Crippen LogP contribution >= 0.6 is 0 Å². The van der Waals surface area contributed by atoms with Gasteiger partial charge in [-0.3, -0.25) is 24.2 Å². The number of amides is 6. The molecule has 2 aliphatic rings. The Morgan fingerprint density at radius 2 is 1.47 bits per heavy atom. The van der Waals surface area contributed by atoms with E-state index in [4.69, 9.17) is 0 Å². The van der Waals surface area contributed by atoms with E-state index in [0.717, 1.165) is 4.90 Å². The van der Waals surface area contributed by atoms with Crippen molar-refractivity contribution in [3.05, 3.63) is 18.7 Å². The Kier molecular flexibility index (Phi) is 7.73. The number of nitrogens with zero attached hydrogens (tertiary/aromatic N) is 4. The molecule has 0 aromatic carbocycles. The zero-order valence-electron chi connectivity index (χ0n) is 19.1. The van der Waals surface area contributed by atoms with Crippen LogP contribution in [-0.2, 0) is 20.9 Å². The number of imidazole rings is 1. The van der Waals surface area contributed by atoms with Crippen molar-refractivity contribution in [1.82, 2.24) is 35.3 Å². The standard InChI is InChI=1S/C10H14N4O2.C10H17N3O3/c1-10(2)8(15)14(9(16)12-10)6-5-13-4-3-11-7-13;1-7(14)6-11-4-5-13-8(15)10(2,3)12-9(13)16/h3-4,7H,5-6H2,1-2H3,(H,12,16);11H,4-6H2,1-3H3,(H,12,16). The SMILES string of the molecule is CC(=O)CNCCN1C(=O)NC(C)(C)C1=O.CC1(C)NC(=O)N(CCn2ccnc2)C1=O. The van der Waals surface area contributed by atoms with Gasteiger partial charge >= 0.3 is 12.1 Å². The molecule has 0 atom stereocenters. The number of ketones is 1. The normalized spacial score (nSPS) is 18.9. The molecule has 176 valence electrons. The Bertz CT molecular complexity index is 879. The number of aromatic nitrogens is 2. The van der Waals surface area contributed by atoms with E-state index < -0.39 is 11.1 Å². The number of carbonyl (C=O) groups excluding carboxylic acids is 5. The van der Waals surface area contributed by atoms with Crippen LogP contribution in [0.1, 0.15) is 34.6 Å². The molecular weight excluding hydrogens is 418 g/mol. The van der Waals surface area contributed by atoms with E-state index in [-0.39, 0.29) is 42.7 Å². The van der Waals surface area contributed by atoms with Gasteiger partial charge in [0, 0.05) is 38.6 Å². The summed E-state index contributed by atoms with van der Waals surface area (Å²) in [6.07, 6.45) is 5.11. The van der Waals surface area contributed by atoms with E-state index in [9.17, 15) is 24.0 Å². The molecule has 12 nitrogen and oxygen atoms in total. The first-order chi connectivity index (χ1) is 14.8. The predicted molar refractivity (Wildman–Crippen MR) is 114 cm³/mol. The zero-order valence-corrected chi connectivity index (χ0v) is 19.1. The van der Waals surface area contributed by atoms with Crippen LogP contribution in [0.3, 0.4) is 0 Å². The maximum absolute atomic E-state index is 11.8. The Hall–Kier alpha value is -3.28. The smallest absolute Gasteiger partial charge is 0.325 e. The highest BCUT2D eigenvalue weighted by atomic mass is 16.2. The minimum atomic E-state index is -0.822. The Balaban J connectivity index is 0.000000227. The van der Waals surface area contributed by atoms with Gasteiger partial charge in [-0.15, -0.1) is 0 Å². The van der Waals surface area contributed by atoms with Gasteiger partial charge in [-0.2, -0.15) is 0 Å². The molecule has 0 aliphatic carbocycles. The number of imide groups is 2. The molecule has 2 saturated heterocycles. The summed E-state index contributed by atoms with van der Waals surface area (Å²) in [5.41, 5.74) is -1.61. The van der Waals surface area contributed by atoms with Crippen LogP contribution in [0.15, 0.2) is 18.7 Å². The second-order valence-corrected chi connectivity index (χ2v) is 8.70. The maximum Gasteiger partial charge on any atom is 0.325 e. The molecule has 32 heavy (non-hydrogen) atoms. The maximum atomic E-state index is 11.8. The Labute approximate surface area is 186 Å². The number of hydrogen-bond donors (Lipinski definition) is 3. The molecule has 3 rings (SSSR count). The van der Waals surface area contributed by atoms with Crippen molar-refractivity contribution in [2.24, 2.45) is 0 Å².